The van der Waals surface area contributed by atoms with Crippen molar-refractivity contribution in [1.82, 2.24) is 0 Å². The molecule has 2 N–H and O–H groups in total. The van der Waals surface area contributed by atoms with Crippen molar-refractivity contribution in [2.45, 2.75) is 13.8 Å². The minimum Gasteiger partial charge on any atom is -0.511 e. The van der Waals surface area contributed by atoms with Gasteiger partial charge in [-0.2, -0.15) is 5.26 Å². The SMILES string of the molecule is CC(=O)c1oc2ccccc2c1NC(=O)/C(C#N)=C(/C)O. The topological polar surface area (TPSA) is 103 Å². The quantitative estimate of drug-likeness (QED) is 0.390. The van der Waals surface area contributed by atoms with Gasteiger partial charge in [0.1, 0.15) is 17.4 Å². The first-order chi connectivity index (χ1) is 9.95. The fraction of sp³-hybridized carbons (Fsp3) is 0.133. The second kappa shape index (κ2) is 5.51. The maximum atomic E-state index is 12.0. The van der Waals surface area contributed by atoms with Crippen LogP contribution in [0.2, 0.25) is 0 Å². The van der Waals surface area contributed by atoms with Gasteiger partial charge in [0.05, 0.1) is 5.69 Å². The van der Waals surface area contributed by atoms with Crippen LogP contribution in [0.1, 0.15) is 24.4 Å². The smallest absolute Gasteiger partial charge is 0.269 e. The summed E-state index contributed by atoms with van der Waals surface area (Å²) in [5.74, 6) is -1.55. The molecule has 0 fully saturated rings. The van der Waals surface area contributed by atoms with E-state index in [9.17, 15) is 14.7 Å². The first-order valence-corrected chi connectivity index (χ1v) is 6.09. The molecule has 106 valence electrons. The Balaban J connectivity index is 2.54. The molecule has 0 radical (unpaired) electrons. The number of aliphatic hydroxyl groups excluding tert-OH is 1. The third kappa shape index (κ3) is 2.62. The van der Waals surface area contributed by atoms with Gasteiger partial charge in [0, 0.05) is 12.3 Å². The van der Waals surface area contributed by atoms with Crippen molar-refractivity contribution in [3.8, 4) is 6.07 Å². The van der Waals surface area contributed by atoms with E-state index in [0.29, 0.717) is 11.0 Å². The zero-order valence-corrected chi connectivity index (χ0v) is 11.4. The van der Waals surface area contributed by atoms with E-state index in [-0.39, 0.29) is 17.2 Å². The number of benzene rings is 1. The number of fused-ring (bicyclic) bond motifs is 1. The molecule has 0 aliphatic carbocycles. The molecule has 2 rings (SSSR count). The van der Waals surface area contributed by atoms with E-state index in [4.69, 9.17) is 9.68 Å². The number of carbonyl (C=O) groups excluding carboxylic acids is 2. The number of Topliss-reactive ketones (excluding diaryl/α,β-unsaturated/α-hetero) is 1. The van der Waals surface area contributed by atoms with Gasteiger partial charge in [0.2, 0.25) is 0 Å². The summed E-state index contributed by atoms with van der Waals surface area (Å²) in [5, 5.41) is 21.2. The van der Waals surface area contributed by atoms with Crippen LogP contribution in [0.3, 0.4) is 0 Å². The molecule has 1 aromatic heterocycles. The number of amides is 1. The zero-order chi connectivity index (χ0) is 15.6. The number of hydrogen-bond acceptors (Lipinski definition) is 5. The molecular weight excluding hydrogens is 272 g/mol. The number of nitrogens with one attached hydrogen (secondary N) is 1. The fourth-order valence-corrected chi connectivity index (χ4v) is 1.89. The highest BCUT2D eigenvalue weighted by Crippen LogP contribution is 2.31. The Kier molecular flexibility index (Phi) is 3.76. The summed E-state index contributed by atoms with van der Waals surface area (Å²) in [7, 11) is 0. The average molecular weight is 284 g/mol. The van der Waals surface area contributed by atoms with Crippen molar-refractivity contribution >= 4 is 28.3 Å². The molecule has 0 atom stereocenters. The number of hydrogen-bond donors (Lipinski definition) is 2. The largest absolute Gasteiger partial charge is 0.511 e. The monoisotopic (exact) mass is 284 g/mol. The molecule has 0 unspecified atom stereocenters. The number of ketones is 1. The summed E-state index contributed by atoms with van der Waals surface area (Å²) in [6, 6.07) is 8.43. The molecule has 1 heterocycles. The van der Waals surface area contributed by atoms with Crippen LogP contribution < -0.4 is 5.32 Å². The van der Waals surface area contributed by atoms with Gasteiger partial charge in [0.15, 0.2) is 17.1 Å². The van der Waals surface area contributed by atoms with E-state index >= 15 is 0 Å². The van der Waals surface area contributed by atoms with Gasteiger partial charge < -0.3 is 14.8 Å². The van der Waals surface area contributed by atoms with Crippen molar-refractivity contribution in [3.63, 3.8) is 0 Å². The van der Waals surface area contributed by atoms with Gasteiger partial charge in [-0.3, -0.25) is 9.59 Å². The standard InChI is InChI=1S/C15H12N2O4/c1-8(18)11(7-16)15(20)17-13-10-5-3-4-6-12(10)21-14(13)9(2)19/h3-6,18H,1-2H3,(H,17,20)/b11-8-. The normalized spacial score (nSPS) is 11.7. The van der Waals surface area contributed by atoms with Crippen LogP contribution in [0.5, 0.6) is 0 Å². The minimum absolute atomic E-state index is 0.00238. The Morgan fingerprint density at radius 1 is 1.29 bits per heavy atom. The second-order valence-electron chi connectivity index (χ2n) is 4.38. The Morgan fingerprint density at radius 3 is 2.52 bits per heavy atom. The number of aliphatic hydroxyl groups is 1. The summed E-state index contributed by atoms with van der Waals surface area (Å²) in [6.45, 7) is 2.54. The molecule has 6 nitrogen and oxygen atoms in total. The lowest BCUT2D eigenvalue weighted by atomic mass is 10.1. The number of allylic oxidation sites excluding steroid dienone is 1. The summed E-state index contributed by atoms with van der Waals surface area (Å²) in [5.41, 5.74) is 0.216. The van der Waals surface area contributed by atoms with Gasteiger partial charge in [-0.25, -0.2) is 0 Å². The Morgan fingerprint density at radius 2 is 1.95 bits per heavy atom. The lowest BCUT2D eigenvalue weighted by Crippen LogP contribution is -2.16. The minimum atomic E-state index is -0.799. The van der Waals surface area contributed by atoms with Gasteiger partial charge in [-0.05, 0) is 19.1 Å². The summed E-state index contributed by atoms with van der Waals surface area (Å²) >= 11 is 0. The van der Waals surface area contributed by atoms with Crippen LogP contribution in [0, 0.1) is 11.3 Å². The summed E-state index contributed by atoms with van der Waals surface area (Å²) in [4.78, 5) is 23.6. The van der Waals surface area contributed by atoms with Crippen LogP contribution in [-0.2, 0) is 4.79 Å². The van der Waals surface area contributed by atoms with Gasteiger partial charge in [-0.1, -0.05) is 12.1 Å². The second-order valence-corrected chi connectivity index (χ2v) is 4.38. The van der Waals surface area contributed by atoms with Crippen LogP contribution in [0.4, 0.5) is 5.69 Å². The number of nitrogens with zero attached hydrogens (tertiary/aromatic N) is 1. The number of furan rings is 1. The molecule has 0 saturated carbocycles. The van der Waals surface area contributed by atoms with Crippen molar-refractivity contribution in [2.24, 2.45) is 0 Å². The van der Waals surface area contributed by atoms with Gasteiger partial charge >= 0.3 is 0 Å². The molecule has 21 heavy (non-hydrogen) atoms. The van der Waals surface area contributed by atoms with E-state index in [1.165, 1.54) is 13.8 Å². The first kappa shape index (κ1) is 14.3. The third-order valence-electron chi connectivity index (χ3n) is 2.85. The maximum Gasteiger partial charge on any atom is 0.269 e. The highest BCUT2D eigenvalue weighted by Gasteiger charge is 2.21. The van der Waals surface area contributed by atoms with Crippen molar-refractivity contribution in [1.29, 1.82) is 5.26 Å². The van der Waals surface area contributed by atoms with Crippen molar-refractivity contribution < 1.29 is 19.1 Å². The van der Waals surface area contributed by atoms with Gasteiger partial charge in [-0.15, -0.1) is 0 Å². The van der Waals surface area contributed by atoms with E-state index < -0.39 is 17.2 Å². The van der Waals surface area contributed by atoms with Crippen LogP contribution in [-0.4, -0.2) is 16.8 Å². The molecule has 2 aromatic rings. The molecule has 0 spiro atoms. The highest BCUT2D eigenvalue weighted by atomic mass is 16.3. The molecule has 6 heteroatoms. The summed E-state index contributed by atoms with van der Waals surface area (Å²) < 4.78 is 5.41. The van der Waals surface area contributed by atoms with E-state index in [1.807, 2.05) is 0 Å². The van der Waals surface area contributed by atoms with Crippen LogP contribution >= 0.6 is 0 Å². The zero-order valence-electron chi connectivity index (χ0n) is 11.4. The maximum absolute atomic E-state index is 12.0. The molecule has 0 aliphatic rings. The number of anilines is 1. The molecule has 0 bridgehead atoms. The number of rotatable bonds is 3. The average Bonchev–Trinajstić information content (AvgIpc) is 2.78. The Bertz CT molecular complexity index is 805. The fourth-order valence-electron chi connectivity index (χ4n) is 1.89. The lowest BCUT2D eigenvalue weighted by Gasteiger charge is -2.04. The van der Waals surface area contributed by atoms with Crippen LogP contribution in [0.25, 0.3) is 11.0 Å². The van der Waals surface area contributed by atoms with E-state index in [1.54, 1.807) is 30.3 Å². The molecule has 1 aromatic carbocycles. The number of carbonyl (C=O) groups is 2. The third-order valence-corrected chi connectivity index (χ3v) is 2.85. The Hall–Kier alpha value is -3.07. The highest BCUT2D eigenvalue weighted by molar-refractivity contribution is 6.15. The first-order valence-electron chi connectivity index (χ1n) is 6.09. The van der Waals surface area contributed by atoms with Crippen molar-refractivity contribution in [3.05, 3.63) is 41.4 Å². The predicted molar refractivity (Wildman–Crippen MR) is 75.8 cm³/mol. The van der Waals surface area contributed by atoms with E-state index in [0.717, 1.165) is 0 Å². The van der Waals surface area contributed by atoms with E-state index in [2.05, 4.69) is 5.32 Å². The van der Waals surface area contributed by atoms with Crippen molar-refractivity contribution in [2.75, 3.05) is 5.32 Å². The lowest BCUT2D eigenvalue weighted by molar-refractivity contribution is -0.112. The molecule has 1 amide bonds. The predicted octanol–water partition coefficient (Wildman–Crippen LogP) is 2.93. The molecular formula is C15H12N2O4. The van der Waals surface area contributed by atoms with Gasteiger partial charge in [0.25, 0.3) is 5.91 Å². The number of nitriles is 1. The summed E-state index contributed by atoms with van der Waals surface area (Å²) in [6.07, 6.45) is 0. The molecule has 0 aliphatic heterocycles. The van der Waals surface area contributed by atoms with Crippen LogP contribution in [0.15, 0.2) is 40.0 Å². The number of para-hydroxylation sites is 1. The Labute approximate surface area is 120 Å². The molecule has 0 saturated heterocycles.